The van der Waals surface area contributed by atoms with E-state index in [1.807, 2.05) is 0 Å². The predicted octanol–water partition coefficient (Wildman–Crippen LogP) is 3.22. The van der Waals surface area contributed by atoms with Gasteiger partial charge in [-0.25, -0.2) is 4.39 Å². The molecule has 0 N–H and O–H groups in total. The lowest BCUT2D eigenvalue weighted by atomic mass is 10.00. The lowest BCUT2D eigenvalue weighted by Gasteiger charge is -2.30. The first-order valence-corrected chi connectivity index (χ1v) is 13.0. The quantitative estimate of drug-likeness (QED) is 0.382. The summed E-state index contributed by atoms with van der Waals surface area (Å²) >= 11 is 0. The molecular formula is C24H25F4N5O5S. The van der Waals surface area contributed by atoms with Crippen LogP contribution < -0.4 is 9.47 Å². The molecular weight excluding hydrogens is 546 g/mol. The molecule has 3 aromatic rings. The van der Waals surface area contributed by atoms with E-state index in [-0.39, 0.29) is 24.3 Å². The van der Waals surface area contributed by atoms with Gasteiger partial charge in [0.05, 0.1) is 12.7 Å². The van der Waals surface area contributed by atoms with Crippen molar-refractivity contribution in [3.63, 3.8) is 0 Å². The summed E-state index contributed by atoms with van der Waals surface area (Å²) in [5, 5.41) is 4.08. The van der Waals surface area contributed by atoms with Crippen LogP contribution in [-0.2, 0) is 16.8 Å². The Hall–Kier alpha value is -3.56. The molecule has 0 radical (unpaired) electrons. The van der Waals surface area contributed by atoms with Crippen molar-refractivity contribution in [3.8, 4) is 11.8 Å². The number of ether oxygens (including phenoxy) is 2. The number of aromatic nitrogens is 3. The van der Waals surface area contributed by atoms with Gasteiger partial charge in [-0.1, -0.05) is 24.3 Å². The maximum Gasteiger partial charge on any atom is 0.405 e. The fourth-order valence-corrected chi connectivity index (χ4v) is 5.56. The molecule has 0 aliphatic carbocycles. The Kier molecular flexibility index (Phi) is 7.95. The van der Waals surface area contributed by atoms with Crippen LogP contribution in [-0.4, -0.2) is 77.7 Å². The first-order valence-electron chi connectivity index (χ1n) is 11.6. The zero-order valence-corrected chi connectivity index (χ0v) is 21.9. The number of alkyl halides is 3. The molecule has 1 aliphatic rings. The summed E-state index contributed by atoms with van der Waals surface area (Å²) < 4.78 is 94.0. The van der Waals surface area contributed by atoms with Gasteiger partial charge in [0, 0.05) is 26.6 Å². The van der Waals surface area contributed by atoms with Crippen LogP contribution in [0.1, 0.15) is 34.1 Å². The van der Waals surface area contributed by atoms with Gasteiger partial charge in [-0.3, -0.25) is 4.79 Å². The third kappa shape index (κ3) is 5.74. The van der Waals surface area contributed by atoms with Crippen LogP contribution in [0.5, 0.6) is 11.8 Å². The number of hydrogen-bond acceptors (Lipinski definition) is 7. The van der Waals surface area contributed by atoms with E-state index in [4.69, 9.17) is 9.47 Å². The minimum atomic E-state index is -4.96. The molecule has 10 nitrogen and oxygen atoms in total. The first-order chi connectivity index (χ1) is 18.3. The van der Waals surface area contributed by atoms with Crippen LogP contribution in [0.25, 0.3) is 0 Å². The highest BCUT2D eigenvalue weighted by Crippen LogP contribution is 2.43. The number of halogens is 4. The summed E-state index contributed by atoms with van der Waals surface area (Å²) in [6, 6.07) is 8.51. The van der Waals surface area contributed by atoms with Crippen LogP contribution in [0.15, 0.2) is 48.5 Å². The van der Waals surface area contributed by atoms with Crippen LogP contribution in [0.2, 0.25) is 0 Å². The average molecular weight is 572 g/mol. The fraction of sp³-hybridized carbons (Fsp3) is 0.375. The number of carbonyl (C=O) groups is 1. The highest BCUT2D eigenvalue weighted by Gasteiger charge is 2.57. The van der Waals surface area contributed by atoms with Crippen molar-refractivity contribution in [1.29, 1.82) is 0 Å². The molecule has 0 spiro atoms. The van der Waals surface area contributed by atoms with Crippen molar-refractivity contribution in [2.45, 2.75) is 31.2 Å². The summed E-state index contributed by atoms with van der Waals surface area (Å²) in [5.74, 6) is -3.01. The lowest BCUT2D eigenvalue weighted by Crippen LogP contribution is -2.50. The van der Waals surface area contributed by atoms with Crippen LogP contribution in [0.4, 0.5) is 17.6 Å². The van der Waals surface area contributed by atoms with E-state index >= 15 is 0 Å². The molecule has 1 aromatic heterocycles. The van der Waals surface area contributed by atoms with Gasteiger partial charge in [0.25, 0.3) is 16.1 Å². The lowest BCUT2D eigenvalue weighted by molar-refractivity contribution is -0.169. The predicted molar refractivity (Wildman–Crippen MR) is 130 cm³/mol. The minimum Gasteiger partial charge on any atom is -0.496 e. The highest BCUT2D eigenvalue weighted by atomic mass is 32.2. The second-order valence-electron chi connectivity index (χ2n) is 8.87. The molecule has 0 bridgehead atoms. The van der Waals surface area contributed by atoms with Crippen molar-refractivity contribution in [3.05, 3.63) is 71.3 Å². The van der Waals surface area contributed by atoms with Gasteiger partial charge in [0.1, 0.15) is 24.2 Å². The minimum absolute atomic E-state index is 0.0405. The van der Waals surface area contributed by atoms with Gasteiger partial charge >= 0.3 is 12.2 Å². The van der Waals surface area contributed by atoms with Gasteiger partial charge in [-0.15, -0.1) is 9.78 Å². The average Bonchev–Trinajstić information content (AvgIpc) is 3.53. The Morgan fingerprint density at radius 2 is 1.79 bits per heavy atom. The van der Waals surface area contributed by atoms with Crippen LogP contribution in [0, 0.1) is 5.82 Å². The van der Waals surface area contributed by atoms with E-state index in [0.717, 1.165) is 14.1 Å². The standard InChI is InChI=1S/C24H25F4N5O5S/c1-31(2)39(35,36)32-13-12-18(20(32)24(26,27)28)21-29-23(38-14-15-8-10-16(25)11-9-15)33(30-21)22(34)17-6-4-5-7-19(17)37-3/h4-11,18,20H,12-14H2,1-3H3. The number of methoxy groups -OCH3 is 1. The van der Waals surface area contributed by atoms with E-state index in [1.54, 1.807) is 12.1 Å². The zero-order valence-electron chi connectivity index (χ0n) is 21.1. The van der Waals surface area contributed by atoms with Gasteiger partial charge in [-0.05, 0) is 36.2 Å². The van der Waals surface area contributed by atoms with Crippen molar-refractivity contribution >= 4 is 16.1 Å². The number of hydrogen-bond donors (Lipinski definition) is 0. The Morgan fingerprint density at radius 3 is 2.41 bits per heavy atom. The Labute approximate surface area is 221 Å². The molecule has 0 amide bonds. The molecule has 1 aliphatic heterocycles. The molecule has 39 heavy (non-hydrogen) atoms. The molecule has 15 heteroatoms. The van der Waals surface area contributed by atoms with Crippen LogP contribution in [0.3, 0.4) is 0 Å². The maximum atomic E-state index is 14.2. The third-order valence-corrected chi connectivity index (χ3v) is 8.11. The summed E-state index contributed by atoms with van der Waals surface area (Å²) in [4.78, 5) is 17.5. The zero-order chi connectivity index (χ0) is 28.5. The van der Waals surface area contributed by atoms with Crippen molar-refractivity contribution in [2.24, 2.45) is 0 Å². The van der Waals surface area contributed by atoms with Crippen molar-refractivity contribution < 1.29 is 40.2 Å². The molecule has 0 saturated carbocycles. The SMILES string of the molecule is COc1ccccc1C(=O)n1nc(C2CCN(S(=O)(=O)N(C)C)C2C(F)(F)F)nc1OCc1ccc(F)cc1. The normalized spacial score (nSPS) is 18.5. The molecule has 1 fully saturated rings. The van der Waals surface area contributed by atoms with E-state index in [1.165, 1.54) is 43.5 Å². The van der Waals surface area contributed by atoms with Crippen molar-refractivity contribution in [1.82, 2.24) is 23.4 Å². The van der Waals surface area contributed by atoms with Gasteiger partial charge < -0.3 is 9.47 Å². The number of carbonyl (C=O) groups excluding carboxylic acids is 1. The van der Waals surface area contributed by atoms with E-state index in [9.17, 15) is 30.8 Å². The molecule has 2 atom stereocenters. The van der Waals surface area contributed by atoms with Gasteiger partial charge in [-0.2, -0.15) is 35.2 Å². The second-order valence-corrected chi connectivity index (χ2v) is 11.0. The largest absolute Gasteiger partial charge is 0.496 e. The first kappa shape index (κ1) is 28.4. The van der Waals surface area contributed by atoms with E-state index < -0.39 is 58.4 Å². The number of nitrogens with zero attached hydrogens (tertiary/aromatic N) is 5. The molecule has 2 unspecified atom stereocenters. The van der Waals surface area contributed by atoms with Gasteiger partial charge in [0.2, 0.25) is 0 Å². The Bertz CT molecular complexity index is 1440. The molecule has 1 saturated heterocycles. The number of benzene rings is 2. The molecule has 2 heterocycles. The third-order valence-electron chi connectivity index (χ3n) is 6.18. The summed E-state index contributed by atoms with van der Waals surface area (Å²) in [6.07, 6.45) is -5.21. The second kappa shape index (κ2) is 10.9. The van der Waals surface area contributed by atoms with Crippen LogP contribution >= 0.6 is 0 Å². The fourth-order valence-electron chi connectivity index (χ4n) is 4.25. The Balaban J connectivity index is 1.76. The Morgan fingerprint density at radius 1 is 1.13 bits per heavy atom. The van der Waals surface area contributed by atoms with Gasteiger partial charge in [0.15, 0.2) is 5.82 Å². The summed E-state index contributed by atoms with van der Waals surface area (Å²) in [6.45, 7) is -0.637. The van der Waals surface area contributed by atoms with Crippen molar-refractivity contribution in [2.75, 3.05) is 27.7 Å². The smallest absolute Gasteiger partial charge is 0.405 e. The highest BCUT2D eigenvalue weighted by molar-refractivity contribution is 7.86. The number of rotatable bonds is 8. The topological polar surface area (TPSA) is 107 Å². The molecule has 210 valence electrons. The summed E-state index contributed by atoms with van der Waals surface area (Å²) in [5.41, 5.74) is 0.535. The van der Waals surface area contributed by atoms with E-state index in [0.29, 0.717) is 18.9 Å². The van der Waals surface area contributed by atoms with E-state index in [2.05, 4.69) is 10.1 Å². The summed E-state index contributed by atoms with van der Waals surface area (Å²) in [7, 11) is -0.817. The monoisotopic (exact) mass is 571 g/mol. The maximum absolute atomic E-state index is 14.2. The molecule has 2 aromatic carbocycles. The number of para-hydroxylation sites is 1. The molecule has 4 rings (SSSR count).